The van der Waals surface area contributed by atoms with Gasteiger partial charge in [-0.3, -0.25) is 9.36 Å². The number of para-hydroxylation sites is 1. The molecule has 142 valence electrons. The average molecular weight is 386 g/mol. The van der Waals surface area contributed by atoms with Gasteiger partial charge >= 0.3 is 0 Å². The van der Waals surface area contributed by atoms with Gasteiger partial charge in [-0.05, 0) is 37.6 Å². The topological polar surface area (TPSA) is 82.2 Å². The Balaban J connectivity index is 1.45. The van der Waals surface area contributed by atoms with Gasteiger partial charge in [-0.1, -0.05) is 30.0 Å². The van der Waals surface area contributed by atoms with Gasteiger partial charge in [0.05, 0.1) is 18.6 Å². The molecule has 3 rings (SSSR count). The van der Waals surface area contributed by atoms with Crippen molar-refractivity contribution < 1.29 is 13.9 Å². The number of benzene rings is 1. The average Bonchev–Trinajstić information content (AvgIpc) is 3.33. The lowest BCUT2D eigenvalue weighted by Gasteiger charge is -2.10. The van der Waals surface area contributed by atoms with Crippen molar-refractivity contribution in [1.29, 1.82) is 0 Å². The summed E-state index contributed by atoms with van der Waals surface area (Å²) in [6, 6.07) is 11.5. The van der Waals surface area contributed by atoms with Crippen LogP contribution in [0, 0.1) is 6.92 Å². The van der Waals surface area contributed by atoms with E-state index < -0.39 is 0 Å². The highest BCUT2D eigenvalue weighted by atomic mass is 32.2. The Morgan fingerprint density at radius 3 is 2.85 bits per heavy atom. The van der Waals surface area contributed by atoms with E-state index in [0.717, 1.165) is 11.3 Å². The van der Waals surface area contributed by atoms with Crippen molar-refractivity contribution in [1.82, 2.24) is 20.1 Å². The monoisotopic (exact) mass is 386 g/mol. The number of thioether (sulfide) groups is 1. The van der Waals surface area contributed by atoms with Crippen LogP contribution in [-0.4, -0.2) is 39.6 Å². The number of aryl methyl sites for hydroxylation is 1. The molecule has 8 heteroatoms. The number of hydrogen-bond acceptors (Lipinski definition) is 6. The highest BCUT2D eigenvalue weighted by Gasteiger charge is 2.16. The molecule has 0 aliphatic heterocycles. The quantitative estimate of drug-likeness (QED) is 0.449. The summed E-state index contributed by atoms with van der Waals surface area (Å²) in [5, 5.41) is 11.9. The summed E-state index contributed by atoms with van der Waals surface area (Å²) < 4.78 is 13.0. The second-order valence-corrected chi connectivity index (χ2v) is 6.72. The standard InChI is InChI=1S/C19H22N4O3S/c1-3-23-18(16-9-6-11-25-16)21-22-19(23)27-13-17(24)20-10-12-26-15-8-5-4-7-14(15)2/h4-9,11H,3,10,12-13H2,1-2H3,(H,20,24). The van der Waals surface area contributed by atoms with Crippen LogP contribution in [0.1, 0.15) is 12.5 Å². The fraction of sp³-hybridized carbons (Fsp3) is 0.316. The Hall–Kier alpha value is -2.74. The van der Waals surface area contributed by atoms with E-state index in [-0.39, 0.29) is 11.7 Å². The maximum absolute atomic E-state index is 12.1. The molecule has 0 unspecified atom stereocenters. The number of amides is 1. The highest BCUT2D eigenvalue weighted by molar-refractivity contribution is 7.99. The van der Waals surface area contributed by atoms with Crippen molar-refractivity contribution in [2.24, 2.45) is 0 Å². The molecule has 0 radical (unpaired) electrons. The smallest absolute Gasteiger partial charge is 0.230 e. The van der Waals surface area contributed by atoms with Gasteiger partial charge in [-0.2, -0.15) is 0 Å². The number of nitrogens with one attached hydrogen (secondary N) is 1. The Morgan fingerprint density at radius 1 is 1.26 bits per heavy atom. The summed E-state index contributed by atoms with van der Waals surface area (Å²) in [5.74, 6) is 2.35. The summed E-state index contributed by atoms with van der Waals surface area (Å²) in [4.78, 5) is 12.1. The maximum Gasteiger partial charge on any atom is 0.230 e. The number of hydrogen-bond donors (Lipinski definition) is 1. The fourth-order valence-electron chi connectivity index (χ4n) is 2.52. The molecular weight excluding hydrogens is 364 g/mol. The first-order valence-electron chi connectivity index (χ1n) is 8.74. The van der Waals surface area contributed by atoms with E-state index in [1.807, 2.05) is 54.8 Å². The molecule has 0 bridgehead atoms. The molecule has 0 saturated heterocycles. The van der Waals surface area contributed by atoms with Gasteiger partial charge in [0.2, 0.25) is 5.91 Å². The van der Waals surface area contributed by atoms with Gasteiger partial charge in [-0.15, -0.1) is 10.2 Å². The van der Waals surface area contributed by atoms with E-state index in [1.54, 1.807) is 6.26 Å². The molecule has 0 fully saturated rings. The summed E-state index contributed by atoms with van der Waals surface area (Å²) in [5.41, 5.74) is 1.07. The largest absolute Gasteiger partial charge is 0.491 e. The van der Waals surface area contributed by atoms with E-state index in [2.05, 4.69) is 15.5 Å². The molecule has 3 aromatic rings. The molecule has 0 aliphatic carbocycles. The summed E-state index contributed by atoms with van der Waals surface area (Å²) in [7, 11) is 0. The summed E-state index contributed by atoms with van der Waals surface area (Å²) in [6.07, 6.45) is 1.60. The number of aromatic nitrogens is 3. The second kappa shape index (κ2) is 9.27. The lowest BCUT2D eigenvalue weighted by molar-refractivity contribution is -0.118. The molecule has 0 spiro atoms. The fourth-order valence-corrected chi connectivity index (χ4v) is 3.35. The van der Waals surface area contributed by atoms with Gasteiger partial charge in [0.25, 0.3) is 0 Å². The number of ether oxygens (including phenoxy) is 1. The first-order valence-corrected chi connectivity index (χ1v) is 9.72. The van der Waals surface area contributed by atoms with Crippen molar-refractivity contribution >= 4 is 17.7 Å². The van der Waals surface area contributed by atoms with Crippen LogP contribution in [0.25, 0.3) is 11.6 Å². The summed E-state index contributed by atoms with van der Waals surface area (Å²) >= 11 is 1.35. The van der Waals surface area contributed by atoms with Crippen molar-refractivity contribution in [3.8, 4) is 17.3 Å². The van der Waals surface area contributed by atoms with Crippen molar-refractivity contribution in [3.05, 3.63) is 48.2 Å². The van der Waals surface area contributed by atoms with Gasteiger partial charge in [0.1, 0.15) is 12.4 Å². The predicted molar refractivity (Wildman–Crippen MR) is 104 cm³/mol. The van der Waals surface area contributed by atoms with Gasteiger partial charge < -0.3 is 14.5 Å². The van der Waals surface area contributed by atoms with Crippen LogP contribution < -0.4 is 10.1 Å². The van der Waals surface area contributed by atoms with Crippen molar-refractivity contribution in [2.45, 2.75) is 25.5 Å². The highest BCUT2D eigenvalue weighted by Crippen LogP contribution is 2.24. The van der Waals surface area contributed by atoms with Crippen LogP contribution in [0.5, 0.6) is 5.75 Å². The number of rotatable bonds is 9. The molecule has 2 heterocycles. The molecule has 0 aliphatic rings. The van der Waals surface area contributed by atoms with E-state index in [1.165, 1.54) is 11.8 Å². The molecule has 0 saturated carbocycles. The van der Waals surface area contributed by atoms with Crippen LogP contribution in [0.15, 0.2) is 52.2 Å². The minimum absolute atomic E-state index is 0.0708. The van der Waals surface area contributed by atoms with Crippen LogP contribution >= 0.6 is 11.8 Å². The minimum Gasteiger partial charge on any atom is -0.491 e. The van der Waals surface area contributed by atoms with Gasteiger partial charge in [-0.25, -0.2) is 0 Å². The zero-order chi connectivity index (χ0) is 19.1. The number of nitrogens with zero attached hydrogens (tertiary/aromatic N) is 3. The van der Waals surface area contributed by atoms with Crippen molar-refractivity contribution in [3.63, 3.8) is 0 Å². The van der Waals surface area contributed by atoms with E-state index in [9.17, 15) is 4.79 Å². The first-order chi connectivity index (χ1) is 13.2. The maximum atomic E-state index is 12.1. The number of carbonyl (C=O) groups is 1. The molecule has 1 amide bonds. The molecule has 7 nitrogen and oxygen atoms in total. The second-order valence-electron chi connectivity index (χ2n) is 5.78. The van der Waals surface area contributed by atoms with E-state index in [0.29, 0.717) is 36.4 Å². The molecule has 1 N–H and O–H groups in total. The lowest BCUT2D eigenvalue weighted by Crippen LogP contribution is -2.29. The van der Waals surface area contributed by atoms with Crippen molar-refractivity contribution in [2.75, 3.05) is 18.9 Å². The normalized spacial score (nSPS) is 10.7. The Kier molecular flexibility index (Phi) is 6.54. The Morgan fingerprint density at radius 2 is 2.11 bits per heavy atom. The minimum atomic E-state index is -0.0708. The zero-order valence-electron chi connectivity index (χ0n) is 15.3. The lowest BCUT2D eigenvalue weighted by atomic mass is 10.2. The van der Waals surface area contributed by atoms with E-state index >= 15 is 0 Å². The molecule has 27 heavy (non-hydrogen) atoms. The number of furan rings is 1. The van der Waals surface area contributed by atoms with Crippen LogP contribution in [0.4, 0.5) is 0 Å². The molecule has 1 aromatic carbocycles. The van der Waals surface area contributed by atoms with Gasteiger partial charge in [0, 0.05) is 6.54 Å². The first kappa shape index (κ1) is 19.0. The number of carbonyl (C=O) groups excluding carboxylic acids is 1. The van der Waals surface area contributed by atoms with Crippen LogP contribution in [0.3, 0.4) is 0 Å². The third kappa shape index (κ3) is 4.91. The molecule has 0 atom stereocenters. The third-order valence-electron chi connectivity index (χ3n) is 3.88. The summed E-state index contributed by atoms with van der Waals surface area (Å²) in [6.45, 7) is 5.56. The Bertz CT molecular complexity index is 877. The van der Waals surface area contributed by atoms with Gasteiger partial charge in [0.15, 0.2) is 16.7 Å². The Labute approximate surface area is 162 Å². The zero-order valence-corrected chi connectivity index (χ0v) is 16.2. The third-order valence-corrected chi connectivity index (χ3v) is 4.85. The van der Waals surface area contributed by atoms with Crippen LogP contribution in [-0.2, 0) is 11.3 Å². The van der Waals surface area contributed by atoms with E-state index in [4.69, 9.17) is 9.15 Å². The predicted octanol–water partition coefficient (Wildman–Crippen LogP) is 3.15. The SMILES string of the molecule is CCn1c(SCC(=O)NCCOc2ccccc2C)nnc1-c1ccco1. The van der Waals surface area contributed by atoms with Crippen LogP contribution in [0.2, 0.25) is 0 Å². The molecule has 2 aromatic heterocycles. The molecular formula is C19H22N4O3S.